The number of nitrogens with zero attached hydrogens (tertiary/aromatic N) is 2. The molecule has 0 saturated heterocycles. The lowest BCUT2D eigenvalue weighted by atomic mass is 10.2. The topological polar surface area (TPSA) is 25.8 Å². The molecule has 0 fully saturated rings. The zero-order chi connectivity index (χ0) is 8.55. The van der Waals surface area contributed by atoms with Gasteiger partial charge in [-0.2, -0.15) is 0 Å². The summed E-state index contributed by atoms with van der Waals surface area (Å²) in [7, 11) is 0. The predicted molar refractivity (Wildman–Crippen MR) is 57.0 cm³/mol. The zero-order valence-corrected chi connectivity index (χ0v) is 8.74. The molecule has 0 spiro atoms. The van der Waals surface area contributed by atoms with Gasteiger partial charge in [0.2, 0.25) is 0 Å². The second-order valence-electron chi connectivity index (χ2n) is 2.66. The van der Waals surface area contributed by atoms with Crippen LogP contribution >= 0.6 is 22.6 Å². The molecule has 60 valence electrons. The number of hydrogen-bond acceptors (Lipinski definition) is 2. The number of pyridine rings is 2. The van der Waals surface area contributed by atoms with E-state index < -0.39 is 0 Å². The minimum absolute atomic E-state index is 1.01. The van der Waals surface area contributed by atoms with Gasteiger partial charge in [-0.3, -0.25) is 4.98 Å². The van der Waals surface area contributed by atoms with E-state index in [0.717, 1.165) is 14.6 Å². The molecule has 3 heteroatoms. The van der Waals surface area contributed by atoms with Crippen LogP contribution in [0.15, 0.2) is 24.5 Å². The molecule has 0 atom stereocenters. The average Bonchev–Trinajstić information content (AvgIpc) is 2.07. The Balaban J connectivity index is 2.84. The van der Waals surface area contributed by atoms with Crippen molar-refractivity contribution in [1.29, 1.82) is 0 Å². The third kappa shape index (κ3) is 1.29. The molecule has 0 aliphatic rings. The van der Waals surface area contributed by atoms with E-state index in [9.17, 15) is 0 Å². The van der Waals surface area contributed by atoms with E-state index in [-0.39, 0.29) is 0 Å². The fourth-order valence-electron chi connectivity index (χ4n) is 1.10. The highest BCUT2D eigenvalue weighted by Crippen LogP contribution is 2.15. The number of aryl methyl sites for hydroxylation is 1. The van der Waals surface area contributed by atoms with Gasteiger partial charge in [-0.15, -0.1) is 0 Å². The van der Waals surface area contributed by atoms with Gasteiger partial charge < -0.3 is 0 Å². The lowest BCUT2D eigenvalue weighted by molar-refractivity contribution is 1.25. The van der Waals surface area contributed by atoms with Gasteiger partial charge in [0.25, 0.3) is 0 Å². The van der Waals surface area contributed by atoms with E-state index >= 15 is 0 Å². The van der Waals surface area contributed by atoms with Crippen molar-refractivity contribution in [1.82, 2.24) is 9.97 Å². The number of rotatable bonds is 0. The first-order valence-electron chi connectivity index (χ1n) is 3.64. The molecule has 2 rings (SSSR count). The highest BCUT2D eigenvalue weighted by atomic mass is 127. The summed E-state index contributed by atoms with van der Waals surface area (Å²) in [5, 5.41) is 1.11. The van der Waals surface area contributed by atoms with Crippen molar-refractivity contribution >= 4 is 33.5 Å². The van der Waals surface area contributed by atoms with Crippen molar-refractivity contribution in [3.05, 3.63) is 33.8 Å². The van der Waals surface area contributed by atoms with Crippen molar-refractivity contribution in [3.8, 4) is 0 Å². The molecular formula is C9H7IN2. The second-order valence-corrected chi connectivity index (χ2v) is 3.69. The Morgan fingerprint density at radius 3 is 3.08 bits per heavy atom. The third-order valence-electron chi connectivity index (χ3n) is 1.74. The first-order chi connectivity index (χ1) is 5.77. The normalized spacial score (nSPS) is 10.5. The molecule has 0 saturated carbocycles. The summed E-state index contributed by atoms with van der Waals surface area (Å²) in [6.45, 7) is 2.06. The predicted octanol–water partition coefficient (Wildman–Crippen LogP) is 2.54. The number of halogens is 1. The highest BCUT2D eigenvalue weighted by Gasteiger charge is 1.98. The van der Waals surface area contributed by atoms with E-state index in [4.69, 9.17) is 0 Å². The Hall–Kier alpha value is -0.710. The maximum Gasteiger partial charge on any atom is 0.105 e. The van der Waals surface area contributed by atoms with Crippen LogP contribution in [0.25, 0.3) is 10.9 Å². The van der Waals surface area contributed by atoms with E-state index in [1.165, 1.54) is 5.56 Å². The minimum Gasteiger partial charge on any atom is -0.264 e. The van der Waals surface area contributed by atoms with Gasteiger partial charge >= 0.3 is 0 Å². The smallest absolute Gasteiger partial charge is 0.105 e. The molecule has 0 radical (unpaired) electrons. The van der Waals surface area contributed by atoms with Gasteiger partial charge in [-0.05, 0) is 47.2 Å². The Bertz CT molecular complexity index is 385. The lowest BCUT2D eigenvalue weighted by Crippen LogP contribution is -1.87. The van der Waals surface area contributed by atoms with Gasteiger partial charge in [0, 0.05) is 17.8 Å². The quantitative estimate of drug-likeness (QED) is 0.543. The standard InChI is InChI=1S/C9H7IN2/c1-6-4-7-5-11-3-2-8(7)12-9(6)10/h2-5H,1H3. The van der Waals surface area contributed by atoms with Gasteiger partial charge in [0.15, 0.2) is 0 Å². The molecule has 2 nitrogen and oxygen atoms in total. The van der Waals surface area contributed by atoms with E-state index in [1.807, 2.05) is 12.3 Å². The van der Waals surface area contributed by atoms with Crippen molar-refractivity contribution < 1.29 is 0 Å². The fourth-order valence-corrected chi connectivity index (χ4v) is 1.51. The zero-order valence-electron chi connectivity index (χ0n) is 6.58. The fraction of sp³-hybridized carbons (Fsp3) is 0.111. The van der Waals surface area contributed by atoms with Crippen LogP contribution in [-0.2, 0) is 0 Å². The van der Waals surface area contributed by atoms with Gasteiger partial charge in [-0.1, -0.05) is 0 Å². The third-order valence-corrected chi connectivity index (χ3v) is 2.84. The average molecular weight is 270 g/mol. The summed E-state index contributed by atoms with van der Waals surface area (Å²) in [5.74, 6) is 0. The molecule has 2 heterocycles. The first kappa shape index (κ1) is 7.91. The second kappa shape index (κ2) is 2.97. The Labute approximate surface area is 84.2 Å². The highest BCUT2D eigenvalue weighted by molar-refractivity contribution is 14.1. The minimum atomic E-state index is 1.01. The van der Waals surface area contributed by atoms with E-state index in [0.29, 0.717) is 0 Å². The molecule has 0 aliphatic heterocycles. The Kier molecular flexibility index (Phi) is 1.96. The monoisotopic (exact) mass is 270 g/mol. The number of fused-ring (bicyclic) bond motifs is 1. The number of aromatic nitrogens is 2. The molecule has 2 aromatic rings. The van der Waals surface area contributed by atoms with Crippen LogP contribution in [0.2, 0.25) is 0 Å². The Morgan fingerprint density at radius 1 is 1.42 bits per heavy atom. The van der Waals surface area contributed by atoms with Crippen molar-refractivity contribution in [2.45, 2.75) is 6.92 Å². The van der Waals surface area contributed by atoms with Gasteiger partial charge in [0.1, 0.15) is 3.70 Å². The summed E-state index contributed by atoms with van der Waals surface area (Å²) in [6.07, 6.45) is 3.60. The molecule has 12 heavy (non-hydrogen) atoms. The van der Waals surface area contributed by atoms with Crippen LogP contribution in [0, 0.1) is 10.6 Å². The molecule has 2 aromatic heterocycles. The molecular weight excluding hydrogens is 263 g/mol. The summed E-state index contributed by atoms with van der Waals surface area (Å²) in [5.41, 5.74) is 2.22. The van der Waals surface area contributed by atoms with Gasteiger partial charge in [0.05, 0.1) is 5.52 Å². The lowest BCUT2D eigenvalue weighted by Gasteiger charge is -1.99. The van der Waals surface area contributed by atoms with Crippen LogP contribution in [0.4, 0.5) is 0 Å². The maximum absolute atomic E-state index is 4.42. The Morgan fingerprint density at radius 2 is 2.25 bits per heavy atom. The molecule has 0 aromatic carbocycles. The van der Waals surface area contributed by atoms with Crippen molar-refractivity contribution in [2.75, 3.05) is 0 Å². The summed E-state index contributed by atoms with van der Waals surface area (Å²) >= 11 is 2.24. The molecule has 0 N–H and O–H groups in total. The molecule has 0 amide bonds. The number of hydrogen-bond donors (Lipinski definition) is 0. The van der Waals surface area contributed by atoms with Crippen molar-refractivity contribution in [2.24, 2.45) is 0 Å². The summed E-state index contributed by atoms with van der Waals surface area (Å²) < 4.78 is 1.06. The maximum atomic E-state index is 4.42. The largest absolute Gasteiger partial charge is 0.264 e. The van der Waals surface area contributed by atoms with Crippen LogP contribution in [0.3, 0.4) is 0 Å². The van der Waals surface area contributed by atoms with Crippen LogP contribution < -0.4 is 0 Å². The van der Waals surface area contributed by atoms with Crippen LogP contribution in [-0.4, -0.2) is 9.97 Å². The summed E-state index contributed by atoms with van der Waals surface area (Å²) in [6, 6.07) is 4.04. The molecule has 0 unspecified atom stereocenters. The SMILES string of the molecule is Cc1cc2cnccc2nc1I. The van der Waals surface area contributed by atoms with Crippen LogP contribution in [0.5, 0.6) is 0 Å². The first-order valence-corrected chi connectivity index (χ1v) is 4.72. The van der Waals surface area contributed by atoms with Crippen LogP contribution in [0.1, 0.15) is 5.56 Å². The van der Waals surface area contributed by atoms with Crippen molar-refractivity contribution in [3.63, 3.8) is 0 Å². The van der Waals surface area contributed by atoms with Gasteiger partial charge in [-0.25, -0.2) is 4.98 Å². The summed E-state index contributed by atoms with van der Waals surface area (Å²) in [4.78, 5) is 8.46. The van der Waals surface area contributed by atoms with E-state index in [2.05, 4.69) is 45.5 Å². The molecule has 0 bridgehead atoms. The van der Waals surface area contributed by atoms with E-state index in [1.54, 1.807) is 6.20 Å². The molecule has 0 aliphatic carbocycles.